The molecule has 0 aromatic carbocycles. The molecule has 1 rings (SSSR count). The van der Waals surface area contributed by atoms with Crippen molar-refractivity contribution in [3.63, 3.8) is 0 Å². The van der Waals surface area contributed by atoms with Gasteiger partial charge in [0.25, 0.3) is 5.91 Å². The number of hydrogen-bond donors (Lipinski definition) is 2. The van der Waals surface area contributed by atoms with E-state index in [4.69, 9.17) is 0 Å². The highest BCUT2D eigenvalue weighted by Crippen LogP contribution is 2.22. The van der Waals surface area contributed by atoms with Crippen molar-refractivity contribution in [1.82, 2.24) is 10.3 Å². The number of amides is 1. The molecule has 0 aliphatic rings. The van der Waals surface area contributed by atoms with Crippen molar-refractivity contribution in [2.24, 2.45) is 0 Å². The molecule has 0 radical (unpaired) electrons. The largest absolute Gasteiger partial charge is 0.383 e. The number of halogens is 4. The minimum absolute atomic E-state index is 0.0820. The third kappa shape index (κ3) is 4.36. The SMILES string of the molecule is CCCNc1cnccc1C(=O)NCC(F)(F)C(F)F. The Morgan fingerprint density at radius 2 is 2.15 bits per heavy atom. The Hall–Kier alpha value is -1.86. The Balaban J connectivity index is 2.72. The average molecular weight is 293 g/mol. The molecule has 20 heavy (non-hydrogen) atoms. The van der Waals surface area contributed by atoms with Crippen molar-refractivity contribution in [3.8, 4) is 0 Å². The number of rotatable bonds is 7. The first-order valence-electron chi connectivity index (χ1n) is 6.00. The number of hydrogen-bond acceptors (Lipinski definition) is 3. The first-order chi connectivity index (χ1) is 9.38. The van der Waals surface area contributed by atoms with Crippen LogP contribution in [0, 0.1) is 0 Å². The number of nitrogens with one attached hydrogen (secondary N) is 2. The molecule has 4 nitrogen and oxygen atoms in total. The molecule has 0 saturated carbocycles. The fourth-order valence-electron chi connectivity index (χ4n) is 1.36. The van der Waals surface area contributed by atoms with Crippen LogP contribution in [0.2, 0.25) is 0 Å². The highest BCUT2D eigenvalue weighted by atomic mass is 19.3. The second kappa shape index (κ2) is 7.06. The van der Waals surface area contributed by atoms with Gasteiger partial charge >= 0.3 is 12.3 Å². The van der Waals surface area contributed by atoms with E-state index in [2.05, 4.69) is 10.3 Å². The van der Waals surface area contributed by atoms with Gasteiger partial charge in [-0.2, -0.15) is 8.78 Å². The van der Waals surface area contributed by atoms with E-state index in [-0.39, 0.29) is 5.56 Å². The van der Waals surface area contributed by atoms with E-state index in [1.807, 2.05) is 6.92 Å². The van der Waals surface area contributed by atoms with Gasteiger partial charge in [-0.05, 0) is 12.5 Å². The molecule has 0 fully saturated rings. The van der Waals surface area contributed by atoms with Gasteiger partial charge in [0.05, 0.1) is 24.0 Å². The molecule has 0 spiro atoms. The summed E-state index contributed by atoms with van der Waals surface area (Å²) < 4.78 is 49.4. The van der Waals surface area contributed by atoms with Gasteiger partial charge in [-0.15, -0.1) is 0 Å². The van der Waals surface area contributed by atoms with E-state index in [0.717, 1.165) is 6.42 Å². The summed E-state index contributed by atoms with van der Waals surface area (Å²) in [5.74, 6) is -5.11. The maximum atomic E-state index is 12.7. The van der Waals surface area contributed by atoms with Crippen LogP contribution >= 0.6 is 0 Å². The summed E-state index contributed by atoms with van der Waals surface area (Å²) in [5, 5.41) is 4.71. The average Bonchev–Trinajstić information content (AvgIpc) is 2.42. The Morgan fingerprint density at radius 3 is 2.75 bits per heavy atom. The Kier molecular flexibility index (Phi) is 5.72. The molecule has 1 heterocycles. The lowest BCUT2D eigenvalue weighted by Crippen LogP contribution is -2.41. The van der Waals surface area contributed by atoms with Gasteiger partial charge < -0.3 is 10.6 Å². The zero-order valence-electron chi connectivity index (χ0n) is 10.8. The van der Waals surface area contributed by atoms with E-state index < -0.39 is 24.8 Å². The molecule has 0 aliphatic heterocycles. The number of carbonyl (C=O) groups is 1. The fourth-order valence-corrected chi connectivity index (χ4v) is 1.36. The lowest BCUT2D eigenvalue weighted by atomic mass is 10.2. The molecule has 0 saturated heterocycles. The lowest BCUT2D eigenvalue weighted by molar-refractivity contribution is -0.123. The second-order valence-corrected chi connectivity index (χ2v) is 4.09. The van der Waals surface area contributed by atoms with Crippen molar-refractivity contribution in [1.29, 1.82) is 0 Å². The Morgan fingerprint density at radius 1 is 1.45 bits per heavy atom. The summed E-state index contributed by atoms with van der Waals surface area (Å²) in [6, 6.07) is 1.33. The molecule has 2 N–H and O–H groups in total. The van der Waals surface area contributed by atoms with Gasteiger partial charge in [0.2, 0.25) is 0 Å². The number of aromatic nitrogens is 1. The van der Waals surface area contributed by atoms with Gasteiger partial charge in [0, 0.05) is 12.7 Å². The molecular formula is C12H15F4N3O. The highest BCUT2D eigenvalue weighted by molar-refractivity contribution is 5.99. The van der Waals surface area contributed by atoms with Crippen LogP contribution in [0.1, 0.15) is 23.7 Å². The molecule has 0 bridgehead atoms. The number of anilines is 1. The van der Waals surface area contributed by atoms with Crippen LogP contribution in [-0.2, 0) is 0 Å². The topological polar surface area (TPSA) is 54.0 Å². The summed E-state index contributed by atoms with van der Waals surface area (Å²) >= 11 is 0. The zero-order valence-corrected chi connectivity index (χ0v) is 10.8. The standard InChI is InChI=1S/C12H15F4N3O/c1-2-4-18-9-6-17-5-3-8(9)10(20)19-7-12(15,16)11(13)14/h3,5-6,11,18H,2,4,7H2,1H3,(H,19,20). The smallest absolute Gasteiger partial charge is 0.324 e. The van der Waals surface area contributed by atoms with Crippen LogP contribution < -0.4 is 10.6 Å². The number of carbonyl (C=O) groups excluding carboxylic acids is 1. The van der Waals surface area contributed by atoms with Crippen molar-refractivity contribution < 1.29 is 22.4 Å². The van der Waals surface area contributed by atoms with Gasteiger partial charge in [-0.25, -0.2) is 8.78 Å². The van der Waals surface area contributed by atoms with Crippen LogP contribution in [0.25, 0.3) is 0 Å². The predicted octanol–water partition coefficient (Wildman–Crippen LogP) is 2.53. The maximum Gasteiger partial charge on any atom is 0.324 e. The number of nitrogens with zero attached hydrogens (tertiary/aromatic N) is 1. The summed E-state index contributed by atoms with van der Waals surface area (Å²) in [6.07, 6.45) is -0.343. The zero-order chi connectivity index (χ0) is 15.2. The molecule has 1 aromatic rings. The van der Waals surface area contributed by atoms with E-state index in [9.17, 15) is 22.4 Å². The summed E-state index contributed by atoms with van der Waals surface area (Å²) in [6.45, 7) is 1.06. The van der Waals surface area contributed by atoms with E-state index in [1.54, 1.807) is 5.32 Å². The van der Waals surface area contributed by atoms with Crippen LogP contribution in [0.3, 0.4) is 0 Å². The summed E-state index contributed by atoms with van der Waals surface area (Å²) in [5.41, 5.74) is 0.450. The van der Waals surface area contributed by atoms with Gasteiger partial charge in [-0.1, -0.05) is 6.92 Å². The lowest BCUT2D eigenvalue weighted by Gasteiger charge is -2.16. The minimum atomic E-state index is -4.25. The molecular weight excluding hydrogens is 278 g/mol. The third-order valence-electron chi connectivity index (χ3n) is 2.44. The van der Waals surface area contributed by atoms with E-state index in [1.165, 1.54) is 18.5 Å². The van der Waals surface area contributed by atoms with Crippen LogP contribution in [0.15, 0.2) is 18.5 Å². The quantitative estimate of drug-likeness (QED) is 0.760. The first kappa shape index (κ1) is 16.2. The second-order valence-electron chi connectivity index (χ2n) is 4.09. The van der Waals surface area contributed by atoms with Crippen molar-refractivity contribution >= 4 is 11.6 Å². The molecule has 1 aromatic heterocycles. The maximum absolute atomic E-state index is 12.7. The molecule has 8 heteroatoms. The number of alkyl halides is 4. The van der Waals surface area contributed by atoms with E-state index in [0.29, 0.717) is 12.2 Å². The van der Waals surface area contributed by atoms with Crippen LogP contribution in [0.5, 0.6) is 0 Å². The van der Waals surface area contributed by atoms with Gasteiger partial charge in [-0.3, -0.25) is 9.78 Å². The molecule has 0 aliphatic carbocycles. The van der Waals surface area contributed by atoms with Crippen molar-refractivity contribution in [2.45, 2.75) is 25.7 Å². The van der Waals surface area contributed by atoms with Crippen LogP contribution in [0.4, 0.5) is 23.2 Å². The minimum Gasteiger partial charge on any atom is -0.383 e. The highest BCUT2D eigenvalue weighted by Gasteiger charge is 2.40. The van der Waals surface area contributed by atoms with Crippen LogP contribution in [-0.4, -0.2) is 36.3 Å². The molecule has 0 unspecified atom stereocenters. The summed E-state index contributed by atoms with van der Waals surface area (Å²) in [4.78, 5) is 15.5. The normalized spacial score (nSPS) is 11.5. The first-order valence-corrected chi connectivity index (χ1v) is 6.00. The Labute approximate surface area is 113 Å². The molecule has 112 valence electrons. The monoisotopic (exact) mass is 293 g/mol. The predicted molar refractivity (Wildman–Crippen MR) is 66.3 cm³/mol. The number of pyridine rings is 1. The van der Waals surface area contributed by atoms with E-state index >= 15 is 0 Å². The molecule has 0 atom stereocenters. The fraction of sp³-hybridized carbons (Fsp3) is 0.500. The Bertz CT molecular complexity index is 454. The van der Waals surface area contributed by atoms with Gasteiger partial charge in [0.15, 0.2) is 0 Å². The third-order valence-corrected chi connectivity index (χ3v) is 2.44. The van der Waals surface area contributed by atoms with Crippen molar-refractivity contribution in [2.75, 3.05) is 18.4 Å². The van der Waals surface area contributed by atoms with Crippen molar-refractivity contribution in [3.05, 3.63) is 24.0 Å². The summed E-state index contributed by atoms with van der Waals surface area (Å²) in [7, 11) is 0. The molecule has 1 amide bonds. The van der Waals surface area contributed by atoms with Gasteiger partial charge in [0.1, 0.15) is 0 Å².